The molecule has 0 aromatic rings. The van der Waals surface area contributed by atoms with Crippen molar-refractivity contribution in [3.05, 3.63) is 0 Å². The number of alkyl halides is 1. The second-order valence-electron chi connectivity index (χ2n) is 17.5. The second-order valence-corrected chi connectivity index (χ2v) is 41.4. The zero-order valence-electron chi connectivity index (χ0n) is 37.4. The Labute approximate surface area is 334 Å². The first kappa shape index (κ1) is 53.9. The van der Waals surface area contributed by atoms with Crippen LogP contribution in [0.25, 0.3) is 0 Å². The zero-order chi connectivity index (χ0) is 40.5. The molecule has 0 unspecified atom stereocenters. The van der Waals surface area contributed by atoms with Crippen LogP contribution in [0.4, 0.5) is 4.39 Å². The van der Waals surface area contributed by atoms with Crippen LogP contribution in [-0.2, 0) is 34.8 Å². The van der Waals surface area contributed by atoms with Crippen molar-refractivity contribution in [1.29, 1.82) is 0 Å². The fraction of sp³-hybridized carbons (Fsp3) is 1.00. The largest absolute Gasteiger partial charge is 0.500 e. The predicted octanol–water partition coefficient (Wildman–Crippen LogP) is 11.3. The quantitative estimate of drug-likeness (QED) is 0.0345. The van der Waals surface area contributed by atoms with Crippen molar-refractivity contribution >= 4 is 50.9 Å². The molecule has 0 heterocycles. The van der Waals surface area contributed by atoms with Crippen LogP contribution in [0.1, 0.15) is 89.9 Å². The van der Waals surface area contributed by atoms with Crippen molar-refractivity contribution in [2.75, 3.05) is 62.5 Å². The molecule has 0 aliphatic heterocycles. The fourth-order valence-electron chi connectivity index (χ4n) is 7.70. The molecule has 0 aliphatic carbocycles. The molecule has 0 atom stereocenters. The Morgan fingerprint density at radius 2 is 0.566 bits per heavy atom. The zero-order valence-corrected chi connectivity index (χ0v) is 43.4. The second kappa shape index (κ2) is 28.3. The van der Waals surface area contributed by atoms with Crippen molar-refractivity contribution in [2.24, 2.45) is 0 Å². The van der Waals surface area contributed by atoms with Gasteiger partial charge in [-0.1, -0.05) is 64.2 Å². The van der Waals surface area contributed by atoms with Crippen LogP contribution in [-0.4, -0.2) is 118 Å². The topological polar surface area (TPSA) is 77.1 Å². The lowest BCUT2D eigenvalue weighted by Crippen LogP contribution is -2.45. The molecular formula is C37H88FNO8Si6. The minimum Gasteiger partial charge on any atom is -0.455 e. The van der Waals surface area contributed by atoms with Crippen LogP contribution in [0, 0.1) is 0 Å². The summed E-state index contributed by atoms with van der Waals surface area (Å²) in [5.41, 5.74) is 0. The van der Waals surface area contributed by atoms with E-state index in [0.29, 0.717) is 0 Å². The summed E-state index contributed by atoms with van der Waals surface area (Å²) in [4.78, 5) is 2.00. The molecule has 0 fully saturated rings. The van der Waals surface area contributed by atoms with E-state index >= 15 is 0 Å². The van der Waals surface area contributed by atoms with E-state index in [2.05, 4.69) is 52.4 Å². The molecule has 9 nitrogen and oxygen atoms in total. The third-order valence-corrected chi connectivity index (χ3v) is 31.4. The van der Waals surface area contributed by atoms with E-state index in [4.69, 9.17) is 34.8 Å². The number of hydrogen-bond acceptors (Lipinski definition) is 9. The van der Waals surface area contributed by atoms with Gasteiger partial charge >= 0.3 is 17.6 Å². The summed E-state index contributed by atoms with van der Waals surface area (Å²) in [7, 11) is -1.75. The molecule has 16 heteroatoms. The Morgan fingerprint density at radius 3 is 0.811 bits per heavy atom. The Balaban J connectivity index is 4.30. The Bertz CT molecular complexity index is 817. The van der Waals surface area contributed by atoms with E-state index in [0.717, 1.165) is 62.9 Å². The Kier molecular flexibility index (Phi) is 28.8. The molecule has 0 aromatic carbocycles. The standard InChI is InChI=1S/C37H88FNO8Si6/c1-40-52(41-2,42-3)35-25-21-17-15-19-23-31-48(7,8)46-50(11,12)33-27-29-39(37-38)30-28-34-51(13,14)47-49(9,10)32-24-20-16-18-22-26-36-53(43-4,44-5)45-6/h15-37H2,1-14H3. The first-order valence-corrected chi connectivity index (χ1v) is 37.2. The maximum atomic E-state index is 14.1. The summed E-state index contributed by atoms with van der Waals surface area (Å²) in [5.74, 6) is 0. The maximum absolute atomic E-state index is 14.1. The monoisotopic (exact) mass is 862 g/mol. The van der Waals surface area contributed by atoms with Gasteiger partial charge in [-0.3, -0.25) is 4.90 Å². The number of nitrogens with zero attached hydrogens (tertiary/aromatic N) is 1. The molecule has 0 amide bonds. The lowest BCUT2D eigenvalue weighted by molar-refractivity contribution is 0.122. The van der Waals surface area contributed by atoms with Gasteiger partial charge in [0.2, 0.25) is 0 Å². The summed E-state index contributed by atoms with van der Waals surface area (Å²) in [6.07, 6.45) is 16.6. The molecular weight excluding hydrogens is 774 g/mol. The summed E-state index contributed by atoms with van der Waals surface area (Å²) in [6.45, 7) is 20.3. The lowest BCUT2D eigenvalue weighted by Gasteiger charge is -2.35. The van der Waals surface area contributed by atoms with Gasteiger partial charge in [-0.2, -0.15) is 0 Å². The third-order valence-electron chi connectivity index (χ3n) is 10.7. The summed E-state index contributed by atoms with van der Waals surface area (Å²) in [5, 5.41) is 0. The molecule has 0 aromatic heterocycles. The summed E-state index contributed by atoms with van der Waals surface area (Å²) >= 11 is 0. The minimum atomic E-state index is -2.43. The van der Waals surface area contributed by atoms with E-state index in [1.54, 1.807) is 42.7 Å². The van der Waals surface area contributed by atoms with Gasteiger partial charge in [-0.25, -0.2) is 4.39 Å². The molecule has 0 N–H and O–H groups in total. The van der Waals surface area contributed by atoms with Crippen molar-refractivity contribution in [3.63, 3.8) is 0 Å². The van der Waals surface area contributed by atoms with E-state index in [1.165, 1.54) is 76.3 Å². The number of unbranched alkanes of at least 4 members (excludes halogenated alkanes) is 10. The number of rotatable bonds is 37. The SMILES string of the molecule is CO[Si](CCCCCCCC[Si](C)(C)O[Si](C)(C)CCCN(CF)CCC[Si](C)(C)O[Si](C)(C)CCCCCCCC[Si](OC)(OC)OC)(OC)OC. The van der Waals surface area contributed by atoms with Gasteiger partial charge in [-0.15, -0.1) is 0 Å². The number of hydrogen-bond donors (Lipinski definition) is 0. The van der Waals surface area contributed by atoms with E-state index in [-0.39, 0.29) is 6.80 Å². The highest BCUT2D eigenvalue weighted by molar-refractivity contribution is 6.85. The van der Waals surface area contributed by atoms with E-state index in [9.17, 15) is 4.39 Å². The van der Waals surface area contributed by atoms with Gasteiger partial charge in [-0.05, 0) is 102 Å². The van der Waals surface area contributed by atoms with Gasteiger partial charge in [0.25, 0.3) is 0 Å². The van der Waals surface area contributed by atoms with E-state index < -0.39 is 50.9 Å². The third kappa shape index (κ3) is 25.8. The molecule has 0 radical (unpaired) electrons. The smallest absolute Gasteiger partial charge is 0.455 e. The van der Waals surface area contributed by atoms with Crippen molar-refractivity contribution < 1.29 is 39.2 Å². The molecule has 53 heavy (non-hydrogen) atoms. The van der Waals surface area contributed by atoms with Crippen molar-refractivity contribution in [2.45, 2.75) is 179 Å². The molecule has 0 rings (SSSR count). The summed E-state index contributed by atoms with van der Waals surface area (Å²) in [6, 6.07) is 6.39. The van der Waals surface area contributed by atoms with Gasteiger partial charge in [0, 0.05) is 67.8 Å². The molecule has 0 saturated carbocycles. The first-order chi connectivity index (χ1) is 24.8. The van der Waals surface area contributed by atoms with E-state index in [1.807, 2.05) is 4.90 Å². The molecule has 0 bridgehead atoms. The fourth-order valence-corrected chi connectivity index (χ4v) is 29.1. The van der Waals surface area contributed by atoms with Gasteiger partial charge in [0.05, 0.1) is 0 Å². The van der Waals surface area contributed by atoms with Gasteiger partial charge in [0.15, 0.2) is 33.3 Å². The van der Waals surface area contributed by atoms with Crippen molar-refractivity contribution in [3.8, 4) is 0 Å². The van der Waals surface area contributed by atoms with Crippen molar-refractivity contribution in [1.82, 2.24) is 4.90 Å². The highest BCUT2D eigenvalue weighted by Crippen LogP contribution is 2.28. The lowest BCUT2D eigenvalue weighted by atomic mass is 10.1. The first-order valence-electron chi connectivity index (χ1n) is 20.8. The normalized spacial score (nSPS) is 13.8. The molecule has 320 valence electrons. The minimum absolute atomic E-state index is 0.367. The van der Waals surface area contributed by atoms with Gasteiger partial charge < -0.3 is 34.8 Å². The molecule has 0 aliphatic rings. The predicted molar refractivity (Wildman–Crippen MR) is 237 cm³/mol. The average molecular weight is 863 g/mol. The van der Waals surface area contributed by atoms with Crippen LogP contribution in [0.5, 0.6) is 0 Å². The van der Waals surface area contributed by atoms with Crippen LogP contribution in [0.3, 0.4) is 0 Å². The maximum Gasteiger partial charge on any atom is 0.500 e. The van der Waals surface area contributed by atoms with Gasteiger partial charge in [0.1, 0.15) is 6.80 Å². The van der Waals surface area contributed by atoms with Crippen LogP contribution in [0.2, 0.25) is 88.6 Å². The highest BCUT2D eigenvalue weighted by atomic mass is 28.4. The van der Waals surface area contributed by atoms with Crippen LogP contribution < -0.4 is 0 Å². The Hall–Kier alpha value is 0.871. The van der Waals surface area contributed by atoms with Crippen LogP contribution >= 0.6 is 0 Å². The average Bonchev–Trinajstić information content (AvgIpc) is 3.09. The number of halogens is 1. The van der Waals surface area contributed by atoms with Crippen LogP contribution in [0.15, 0.2) is 0 Å². The molecule has 0 spiro atoms. The Morgan fingerprint density at radius 1 is 0.340 bits per heavy atom. The highest BCUT2D eigenvalue weighted by Gasteiger charge is 2.38. The summed E-state index contributed by atoms with van der Waals surface area (Å²) < 4.78 is 61.1. The molecule has 0 saturated heterocycles.